The number of hydrogen-bond donors (Lipinski definition) is 2. The average Bonchev–Trinajstić information content (AvgIpc) is 2.27. The molecule has 0 saturated carbocycles. The lowest BCUT2D eigenvalue weighted by Gasteiger charge is -2.23. The number of nitrogens with two attached hydrogens (primary N) is 1. The molecular weight excluding hydrogens is 243 g/mol. The molecule has 2 nitrogen and oxygen atoms in total. The molecule has 2 unspecified atom stereocenters. The van der Waals surface area contributed by atoms with E-state index in [9.17, 15) is 0 Å². The summed E-state index contributed by atoms with van der Waals surface area (Å²) in [6.45, 7) is 4.72. The van der Waals surface area contributed by atoms with Gasteiger partial charge in [-0.2, -0.15) is 0 Å². The summed E-state index contributed by atoms with van der Waals surface area (Å²) in [5, 5.41) is 4.75. The topological polar surface area (TPSA) is 38.0 Å². The first-order valence-corrected chi connectivity index (χ1v) is 6.25. The van der Waals surface area contributed by atoms with Gasteiger partial charge in [0.15, 0.2) is 0 Å². The van der Waals surface area contributed by atoms with E-state index in [0.29, 0.717) is 22.6 Å². The number of rotatable bonds is 5. The fourth-order valence-electron chi connectivity index (χ4n) is 1.57. The first kappa shape index (κ1) is 13.8. The fourth-order valence-corrected chi connectivity index (χ4v) is 2.23. The molecule has 1 rings (SSSR count). The van der Waals surface area contributed by atoms with Crippen molar-refractivity contribution < 1.29 is 0 Å². The van der Waals surface area contributed by atoms with Crippen LogP contribution in [-0.2, 0) is 0 Å². The third-order valence-electron chi connectivity index (χ3n) is 2.68. The van der Waals surface area contributed by atoms with E-state index in [-0.39, 0.29) is 6.04 Å². The highest BCUT2D eigenvalue weighted by Crippen LogP contribution is 2.30. The van der Waals surface area contributed by atoms with Gasteiger partial charge in [0.25, 0.3) is 0 Å². The molecule has 3 N–H and O–H groups in total. The SMILES string of the molecule is CCC(C)NC(CN)c1c(Cl)cccc1Cl. The Hall–Kier alpha value is -0.280. The van der Waals surface area contributed by atoms with E-state index >= 15 is 0 Å². The van der Waals surface area contributed by atoms with E-state index in [4.69, 9.17) is 28.9 Å². The van der Waals surface area contributed by atoms with Crippen LogP contribution in [0.3, 0.4) is 0 Å². The highest BCUT2D eigenvalue weighted by molar-refractivity contribution is 6.36. The van der Waals surface area contributed by atoms with Crippen LogP contribution in [0, 0.1) is 0 Å². The standard InChI is InChI=1S/C12H18Cl2N2/c1-3-8(2)16-11(7-15)12-9(13)5-4-6-10(12)14/h4-6,8,11,16H,3,7,15H2,1-2H3. The van der Waals surface area contributed by atoms with Crippen molar-refractivity contribution in [1.29, 1.82) is 0 Å². The zero-order valence-corrected chi connectivity index (χ0v) is 11.1. The zero-order chi connectivity index (χ0) is 12.1. The van der Waals surface area contributed by atoms with Crippen LogP contribution in [0.4, 0.5) is 0 Å². The number of benzene rings is 1. The van der Waals surface area contributed by atoms with Crippen LogP contribution in [0.25, 0.3) is 0 Å². The van der Waals surface area contributed by atoms with Crippen molar-refractivity contribution in [2.75, 3.05) is 6.54 Å². The Morgan fingerprint density at radius 2 is 1.88 bits per heavy atom. The number of nitrogens with one attached hydrogen (secondary N) is 1. The Morgan fingerprint density at radius 1 is 1.31 bits per heavy atom. The summed E-state index contributed by atoms with van der Waals surface area (Å²) in [5.74, 6) is 0. The average molecular weight is 261 g/mol. The summed E-state index contributed by atoms with van der Waals surface area (Å²) in [6.07, 6.45) is 1.04. The predicted molar refractivity (Wildman–Crippen MR) is 71.1 cm³/mol. The lowest BCUT2D eigenvalue weighted by atomic mass is 10.1. The van der Waals surface area contributed by atoms with E-state index in [2.05, 4.69) is 19.2 Å². The molecule has 0 radical (unpaired) electrons. The Balaban J connectivity index is 2.94. The largest absolute Gasteiger partial charge is 0.329 e. The number of halogens is 2. The summed E-state index contributed by atoms with van der Waals surface area (Å²) in [4.78, 5) is 0. The first-order chi connectivity index (χ1) is 7.60. The third-order valence-corrected chi connectivity index (χ3v) is 3.34. The summed E-state index contributed by atoms with van der Waals surface area (Å²) < 4.78 is 0. The zero-order valence-electron chi connectivity index (χ0n) is 9.63. The second-order valence-electron chi connectivity index (χ2n) is 3.90. The Labute approximate surface area is 107 Å². The Morgan fingerprint density at radius 3 is 2.31 bits per heavy atom. The molecule has 1 aromatic rings. The normalized spacial score (nSPS) is 14.8. The van der Waals surface area contributed by atoms with Crippen LogP contribution in [0.5, 0.6) is 0 Å². The van der Waals surface area contributed by atoms with Crippen LogP contribution in [0.1, 0.15) is 31.9 Å². The molecule has 0 bridgehead atoms. The quantitative estimate of drug-likeness (QED) is 0.852. The molecule has 0 fully saturated rings. The van der Waals surface area contributed by atoms with E-state index < -0.39 is 0 Å². The maximum Gasteiger partial charge on any atom is 0.0476 e. The molecule has 1 aromatic carbocycles. The highest BCUT2D eigenvalue weighted by atomic mass is 35.5. The lowest BCUT2D eigenvalue weighted by Crippen LogP contribution is -2.34. The third kappa shape index (κ3) is 3.36. The Kier molecular flexibility index (Phi) is 5.56. The summed E-state index contributed by atoms with van der Waals surface area (Å²) >= 11 is 12.3. The first-order valence-electron chi connectivity index (χ1n) is 5.50. The van der Waals surface area contributed by atoms with Gasteiger partial charge in [-0.05, 0) is 25.5 Å². The molecule has 0 heterocycles. The maximum absolute atomic E-state index is 6.15. The van der Waals surface area contributed by atoms with Crippen LogP contribution in [0.15, 0.2) is 18.2 Å². The second kappa shape index (κ2) is 6.45. The van der Waals surface area contributed by atoms with Gasteiger partial charge in [-0.15, -0.1) is 0 Å². The molecular formula is C12H18Cl2N2. The Bertz CT molecular complexity index is 322. The van der Waals surface area contributed by atoms with Crippen molar-refractivity contribution in [1.82, 2.24) is 5.32 Å². The molecule has 0 spiro atoms. The van der Waals surface area contributed by atoms with Crippen molar-refractivity contribution in [3.05, 3.63) is 33.8 Å². The molecule has 4 heteroatoms. The monoisotopic (exact) mass is 260 g/mol. The van der Waals surface area contributed by atoms with E-state index in [1.807, 2.05) is 18.2 Å². The molecule has 0 amide bonds. The van der Waals surface area contributed by atoms with Crippen molar-refractivity contribution in [2.45, 2.75) is 32.4 Å². The smallest absolute Gasteiger partial charge is 0.0476 e. The van der Waals surface area contributed by atoms with Gasteiger partial charge in [0.05, 0.1) is 0 Å². The van der Waals surface area contributed by atoms with Gasteiger partial charge in [-0.3, -0.25) is 0 Å². The van der Waals surface area contributed by atoms with Crippen LogP contribution in [0.2, 0.25) is 10.0 Å². The van der Waals surface area contributed by atoms with Crippen molar-refractivity contribution >= 4 is 23.2 Å². The molecule has 16 heavy (non-hydrogen) atoms. The molecule has 0 aliphatic carbocycles. The fraction of sp³-hybridized carbons (Fsp3) is 0.500. The van der Waals surface area contributed by atoms with Gasteiger partial charge in [0.1, 0.15) is 0 Å². The van der Waals surface area contributed by atoms with E-state index in [0.717, 1.165) is 12.0 Å². The minimum absolute atomic E-state index is 0.0103. The molecule has 2 atom stereocenters. The second-order valence-corrected chi connectivity index (χ2v) is 4.71. The molecule has 90 valence electrons. The summed E-state index contributed by atoms with van der Waals surface area (Å²) in [6, 6.07) is 5.91. The summed E-state index contributed by atoms with van der Waals surface area (Å²) in [7, 11) is 0. The van der Waals surface area contributed by atoms with Crippen molar-refractivity contribution in [3.8, 4) is 0 Å². The molecule has 0 aliphatic heterocycles. The maximum atomic E-state index is 6.15. The van der Waals surface area contributed by atoms with Gasteiger partial charge in [0.2, 0.25) is 0 Å². The van der Waals surface area contributed by atoms with Crippen LogP contribution >= 0.6 is 23.2 Å². The number of hydrogen-bond acceptors (Lipinski definition) is 2. The molecule has 0 aliphatic rings. The minimum atomic E-state index is 0.0103. The highest BCUT2D eigenvalue weighted by Gasteiger charge is 2.17. The van der Waals surface area contributed by atoms with E-state index in [1.165, 1.54) is 0 Å². The van der Waals surface area contributed by atoms with Gasteiger partial charge in [0, 0.05) is 34.2 Å². The minimum Gasteiger partial charge on any atom is -0.329 e. The van der Waals surface area contributed by atoms with Crippen molar-refractivity contribution in [3.63, 3.8) is 0 Å². The van der Waals surface area contributed by atoms with Crippen LogP contribution in [-0.4, -0.2) is 12.6 Å². The molecule has 0 aromatic heterocycles. The van der Waals surface area contributed by atoms with Gasteiger partial charge in [-0.1, -0.05) is 36.2 Å². The van der Waals surface area contributed by atoms with E-state index in [1.54, 1.807) is 0 Å². The van der Waals surface area contributed by atoms with Gasteiger partial charge >= 0.3 is 0 Å². The molecule has 0 saturated heterocycles. The predicted octanol–water partition coefficient (Wildman–Crippen LogP) is 3.38. The van der Waals surface area contributed by atoms with Crippen LogP contribution < -0.4 is 11.1 Å². The summed E-state index contributed by atoms with van der Waals surface area (Å²) in [5.41, 5.74) is 6.66. The lowest BCUT2D eigenvalue weighted by molar-refractivity contribution is 0.452. The van der Waals surface area contributed by atoms with Gasteiger partial charge < -0.3 is 11.1 Å². The van der Waals surface area contributed by atoms with Gasteiger partial charge in [-0.25, -0.2) is 0 Å². The van der Waals surface area contributed by atoms with Crippen molar-refractivity contribution in [2.24, 2.45) is 5.73 Å².